The lowest BCUT2D eigenvalue weighted by Gasteiger charge is -2.07. The van der Waals surface area contributed by atoms with E-state index in [0.29, 0.717) is 5.92 Å². The van der Waals surface area contributed by atoms with Gasteiger partial charge in [-0.3, -0.25) is 0 Å². The van der Waals surface area contributed by atoms with E-state index in [-0.39, 0.29) is 4.87 Å². The average molecular weight is 118 g/mol. The van der Waals surface area contributed by atoms with Crippen molar-refractivity contribution < 1.29 is 0 Å². The molecule has 1 heteroatoms. The summed E-state index contributed by atoms with van der Waals surface area (Å²) in [6.45, 7) is 4.30. The van der Waals surface area contributed by atoms with Gasteiger partial charge in [0.15, 0.2) is 0 Å². The van der Waals surface area contributed by atoms with Crippen LogP contribution in [0.1, 0.15) is 20.3 Å². The van der Waals surface area contributed by atoms with E-state index in [9.17, 15) is 0 Å². The molecule has 0 aliphatic heterocycles. The molecule has 1 aliphatic carbocycles. The summed E-state index contributed by atoms with van der Waals surface area (Å²) in [6, 6.07) is 0. The van der Waals surface area contributed by atoms with E-state index in [1.165, 1.54) is 0 Å². The van der Waals surface area contributed by atoms with Crippen LogP contribution in [0, 0.1) is 12.3 Å². The lowest BCUT2D eigenvalue weighted by Crippen LogP contribution is -2.06. The van der Waals surface area contributed by atoms with Gasteiger partial charge in [0.25, 0.3) is 0 Å². The van der Waals surface area contributed by atoms with E-state index in [1.54, 1.807) is 0 Å². The average Bonchev–Trinajstić information content (AvgIpc) is 2.21. The zero-order valence-electron chi connectivity index (χ0n) is 4.74. The van der Waals surface area contributed by atoms with E-state index in [0.717, 1.165) is 6.42 Å². The van der Waals surface area contributed by atoms with Gasteiger partial charge in [-0.25, -0.2) is 0 Å². The second-order valence-corrected chi connectivity index (χ2v) is 3.19. The normalized spacial score (nSPS) is 25.7. The van der Waals surface area contributed by atoms with E-state index < -0.39 is 0 Å². The molecular formula is C6H10Cl. The third kappa shape index (κ3) is 0.908. The van der Waals surface area contributed by atoms with Gasteiger partial charge in [-0.1, -0.05) is 13.8 Å². The molecule has 0 aromatic rings. The predicted octanol–water partition coefficient (Wildman–Crippen LogP) is 2.23. The Kier molecular flexibility index (Phi) is 1.07. The van der Waals surface area contributed by atoms with E-state index >= 15 is 0 Å². The molecule has 0 amide bonds. The van der Waals surface area contributed by atoms with Gasteiger partial charge < -0.3 is 0 Å². The fourth-order valence-electron chi connectivity index (χ4n) is 0.569. The number of rotatable bonds is 1. The summed E-state index contributed by atoms with van der Waals surface area (Å²) in [7, 11) is 0. The number of halogens is 1. The Hall–Kier alpha value is 0.290. The monoisotopic (exact) mass is 117 g/mol. The first-order chi connectivity index (χ1) is 3.15. The van der Waals surface area contributed by atoms with Crippen molar-refractivity contribution in [2.75, 3.05) is 0 Å². The molecule has 0 aromatic heterocycles. The van der Waals surface area contributed by atoms with E-state index in [4.69, 9.17) is 11.6 Å². The van der Waals surface area contributed by atoms with Crippen molar-refractivity contribution >= 4 is 11.6 Å². The fraction of sp³-hybridized carbons (Fsp3) is 0.833. The van der Waals surface area contributed by atoms with Crippen LogP contribution in [0.15, 0.2) is 0 Å². The maximum absolute atomic E-state index is 5.92. The van der Waals surface area contributed by atoms with E-state index in [1.807, 2.05) is 0 Å². The standard InChI is InChI=1S/C6H10Cl/c1-5(2)6(7)3-4-6/h3,5H,4H2,1-2H3. The molecule has 0 bridgehead atoms. The zero-order chi connectivity index (χ0) is 5.49. The van der Waals surface area contributed by atoms with Crippen LogP contribution >= 0.6 is 11.6 Å². The molecule has 41 valence electrons. The summed E-state index contributed by atoms with van der Waals surface area (Å²) >= 11 is 5.92. The number of hydrogen-bond donors (Lipinski definition) is 0. The Morgan fingerprint density at radius 2 is 2.14 bits per heavy atom. The molecule has 0 saturated heterocycles. The molecule has 1 saturated carbocycles. The van der Waals surface area contributed by atoms with Gasteiger partial charge in [-0.15, -0.1) is 11.6 Å². The topological polar surface area (TPSA) is 0 Å². The Labute approximate surface area is 49.9 Å². The number of hydrogen-bond acceptors (Lipinski definition) is 0. The van der Waals surface area contributed by atoms with Gasteiger partial charge in [-0.2, -0.15) is 0 Å². The molecule has 7 heavy (non-hydrogen) atoms. The van der Waals surface area contributed by atoms with Crippen LogP contribution in [-0.4, -0.2) is 4.87 Å². The summed E-state index contributed by atoms with van der Waals surface area (Å²) in [5, 5.41) is 0. The lowest BCUT2D eigenvalue weighted by molar-refractivity contribution is 0.609. The summed E-state index contributed by atoms with van der Waals surface area (Å²) in [4.78, 5) is 0.0972. The molecule has 0 N–H and O–H groups in total. The molecular weight excluding hydrogens is 108 g/mol. The van der Waals surface area contributed by atoms with E-state index in [2.05, 4.69) is 20.3 Å². The van der Waals surface area contributed by atoms with Gasteiger partial charge >= 0.3 is 0 Å². The van der Waals surface area contributed by atoms with Gasteiger partial charge in [0, 0.05) is 0 Å². The van der Waals surface area contributed by atoms with Crippen LogP contribution < -0.4 is 0 Å². The summed E-state index contributed by atoms with van der Waals surface area (Å²) in [5.41, 5.74) is 0. The Bertz CT molecular complexity index is 72.2. The molecule has 0 aromatic carbocycles. The molecule has 1 fully saturated rings. The third-order valence-electron chi connectivity index (χ3n) is 1.55. The van der Waals surface area contributed by atoms with Gasteiger partial charge in [-0.05, 0) is 18.8 Å². The summed E-state index contributed by atoms with van der Waals surface area (Å²) in [6.07, 6.45) is 3.26. The highest BCUT2D eigenvalue weighted by molar-refractivity contribution is 6.27. The van der Waals surface area contributed by atoms with Crippen LogP contribution in [-0.2, 0) is 0 Å². The third-order valence-corrected chi connectivity index (χ3v) is 2.30. The van der Waals surface area contributed by atoms with Crippen LogP contribution in [0.2, 0.25) is 0 Å². The molecule has 0 heterocycles. The summed E-state index contributed by atoms with van der Waals surface area (Å²) < 4.78 is 0. The molecule has 0 nitrogen and oxygen atoms in total. The minimum atomic E-state index is 0.0972. The van der Waals surface area contributed by atoms with Gasteiger partial charge in [0.1, 0.15) is 0 Å². The highest BCUT2D eigenvalue weighted by atomic mass is 35.5. The summed E-state index contributed by atoms with van der Waals surface area (Å²) in [5.74, 6) is 0.620. The van der Waals surface area contributed by atoms with Crippen molar-refractivity contribution in [3.05, 3.63) is 6.42 Å². The molecule has 1 rings (SSSR count). The Morgan fingerprint density at radius 3 is 2.14 bits per heavy atom. The minimum absolute atomic E-state index is 0.0972. The molecule has 1 aliphatic rings. The van der Waals surface area contributed by atoms with Crippen molar-refractivity contribution in [1.29, 1.82) is 0 Å². The van der Waals surface area contributed by atoms with Crippen LogP contribution in [0.3, 0.4) is 0 Å². The van der Waals surface area contributed by atoms with Crippen molar-refractivity contribution in [2.24, 2.45) is 5.92 Å². The first-order valence-electron chi connectivity index (χ1n) is 2.68. The molecule has 1 unspecified atom stereocenters. The highest BCUT2D eigenvalue weighted by Gasteiger charge is 2.43. The highest BCUT2D eigenvalue weighted by Crippen LogP contribution is 2.47. The van der Waals surface area contributed by atoms with Crippen molar-refractivity contribution in [1.82, 2.24) is 0 Å². The second-order valence-electron chi connectivity index (χ2n) is 2.49. The predicted molar refractivity (Wildman–Crippen MR) is 32.3 cm³/mol. The minimum Gasteiger partial charge on any atom is -0.119 e. The van der Waals surface area contributed by atoms with Crippen LogP contribution in [0.5, 0.6) is 0 Å². The van der Waals surface area contributed by atoms with Gasteiger partial charge in [0.2, 0.25) is 0 Å². The quantitative estimate of drug-likeness (QED) is 0.462. The maximum Gasteiger partial charge on any atom is 0.0505 e. The number of alkyl halides is 1. The SMILES string of the molecule is CC(C)C1(Cl)[CH]C1. The van der Waals surface area contributed by atoms with Crippen molar-refractivity contribution in [2.45, 2.75) is 25.1 Å². The maximum atomic E-state index is 5.92. The van der Waals surface area contributed by atoms with Crippen molar-refractivity contribution in [3.8, 4) is 0 Å². The first-order valence-corrected chi connectivity index (χ1v) is 3.06. The lowest BCUT2D eigenvalue weighted by atomic mass is 10.1. The zero-order valence-corrected chi connectivity index (χ0v) is 5.50. The molecule has 1 atom stereocenters. The van der Waals surface area contributed by atoms with Crippen LogP contribution in [0.4, 0.5) is 0 Å². The van der Waals surface area contributed by atoms with Crippen molar-refractivity contribution in [3.63, 3.8) is 0 Å². The first kappa shape index (κ1) is 5.43. The Balaban J connectivity index is 2.39. The smallest absolute Gasteiger partial charge is 0.0505 e. The van der Waals surface area contributed by atoms with Crippen LogP contribution in [0.25, 0.3) is 0 Å². The second kappa shape index (κ2) is 1.38. The molecule has 1 radical (unpaired) electrons. The largest absolute Gasteiger partial charge is 0.119 e. The Morgan fingerprint density at radius 1 is 1.71 bits per heavy atom. The molecule has 0 spiro atoms. The van der Waals surface area contributed by atoms with Gasteiger partial charge in [0.05, 0.1) is 4.87 Å². The fourth-order valence-corrected chi connectivity index (χ4v) is 0.646.